The van der Waals surface area contributed by atoms with Crippen molar-refractivity contribution in [3.05, 3.63) is 34.5 Å². The Bertz CT molecular complexity index is 1480. The Balaban J connectivity index is 1.22. The lowest BCUT2D eigenvalue weighted by atomic mass is 9.32. The minimum atomic E-state index is -0.882. The molecular weight excluding hydrogens is 643 g/mol. The van der Waals surface area contributed by atoms with E-state index in [1.54, 1.807) is 11.3 Å². The third-order valence-electron chi connectivity index (χ3n) is 16.3. The molecule has 5 fully saturated rings. The molecule has 1 amide bonds. The number of allylic oxidation sites excluding steroid dienone is 1. The number of rotatable bonds is 10. The molecule has 0 aromatic carbocycles. The fourth-order valence-electron chi connectivity index (χ4n) is 13.8. The highest BCUT2D eigenvalue weighted by Crippen LogP contribution is 2.78. The molecule has 6 rings (SSSR count). The van der Waals surface area contributed by atoms with Crippen LogP contribution in [0.2, 0.25) is 0 Å². The number of thiophene rings is 1. The van der Waals surface area contributed by atoms with Crippen molar-refractivity contribution in [3.63, 3.8) is 0 Å². The van der Waals surface area contributed by atoms with E-state index >= 15 is 0 Å². The monoisotopic (exact) mass is 707 g/mol. The van der Waals surface area contributed by atoms with Gasteiger partial charge in [-0.2, -0.15) is 0 Å². The summed E-state index contributed by atoms with van der Waals surface area (Å²) in [4.78, 5) is 39.4. The van der Waals surface area contributed by atoms with E-state index in [2.05, 4.69) is 71.0 Å². The second-order valence-electron chi connectivity index (χ2n) is 19.8. The maximum absolute atomic E-state index is 13.6. The lowest BCUT2D eigenvalue weighted by Gasteiger charge is -2.73. The van der Waals surface area contributed by atoms with Crippen LogP contribution in [0.3, 0.4) is 0 Å². The van der Waals surface area contributed by atoms with Gasteiger partial charge in [0.05, 0.1) is 19.4 Å². The number of fused-ring (bicyclic) bond motifs is 7. The summed E-state index contributed by atoms with van der Waals surface area (Å²) in [6.07, 6.45) is 11.9. The van der Waals surface area contributed by atoms with Gasteiger partial charge in [-0.05, 0) is 139 Å². The largest absolute Gasteiger partial charge is 0.481 e. The van der Waals surface area contributed by atoms with E-state index in [4.69, 9.17) is 4.74 Å². The van der Waals surface area contributed by atoms with Gasteiger partial charge in [-0.1, -0.05) is 66.7 Å². The van der Waals surface area contributed by atoms with Crippen LogP contribution in [0.25, 0.3) is 0 Å². The van der Waals surface area contributed by atoms with Crippen LogP contribution in [0, 0.1) is 62.1 Å². The van der Waals surface area contributed by atoms with Crippen LogP contribution in [0.15, 0.2) is 29.7 Å². The van der Waals surface area contributed by atoms with E-state index in [-0.39, 0.29) is 57.9 Å². The topological polar surface area (TPSA) is 92.7 Å². The van der Waals surface area contributed by atoms with Crippen LogP contribution in [-0.4, -0.2) is 29.1 Å². The van der Waals surface area contributed by atoms with E-state index in [9.17, 15) is 19.5 Å². The molecule has 278 valence electrons. The van der Waals surface area contributed by atoms with Gasteiger partial charge in [-0.3, -0.25) is 14.4 Å². The molecule has 6 nitrogen and oxygen atoms in total. The van der Waals surface area contributed by atoms with Gasteiger partial charge in [0.15, 0.2) is 0 Å². The normalized spacial score (nSPS) is 40.4. The number of carbonyl (C=O) groups is 3. The molecular formula is C43H65NO5S. The van der Waals surface area contributed by atoms with Crippen molar-refractivity contribution in [2.24, 2.45) is 62.1 Å². The van der Waals surface area contributed by atoms with E-state index in [1.807, 2.05) is 13.8 Å². The van der Waals surface area contributed by atoms with Gasteiger partial charge in [-0.15, -0.1) is 11.3 Å². The van der Waals surface area contributed by atoms with Crippen molar-refractivity contribution >= 4 is 29.2 Å². The number of hydrogen-bond donors (Lipinski definition) is 2. The smallest absolute Gasteiger partial charge is 0.306 e. The zero-order chi connectivity index (χ0) is 36.5. The molecule has 5 aliphatic rings. The molecule has 1 aromatic heterocycles. The van der Waals surface area contributed by atoms with Crippen LogP contribution in [0.5, 0.6) is 0 Å². The van der Waals surface area contributed by atoms with Crippen molar-refractivity contribution in [2.75, 3.05) is 0 Å². The SMILES string of the molecule is C=C(C)[C@@H]1CC[C@]2(CC(=O)NCc3cccs3)CC[C@]3(C)[C@H](CC[C@@H]4[C@@]5(C)CC[C@H](OC(=O)CC(C)(C)CC(=O)O)C(C)(C)[C@@H]5CC[C@]43C)[C@@H]12. The first-order valence-electron chi connectivity index (χ1n) is 19.6. The number of amides is 1. The first-order valence-corrected chi connectivity index (χ1v) is 20.5. The summed E-state index contributed by atoms with van der Waals surface area (Å²) in [5, 5.41) is 14.7. The van der Waals surface area contributed by atoms with Gasteiger partial charge in [0.1, 0.15) is 6.10 Å². The number of nitrogens with one attached hydrogen (secondary N) is 1. The third kappa shape index (κ3) is 6.21. The molecule has 1 aromatic rings. The number of carboxylic acid groups (broad SMARTS) is 1. The average molecular weight is 708 g/mol. The van der Waals surface area contributed by atoms with E-state index in [0.717, 1.165) is 38.5 Å². The van der Waals surface area contributed by atoms with Gasteiger partial charge >= 0.3 is 11.9 Å². The number of carboxylic acids is 1. The van der Waals surface area contributed by atoms with Gasteiger partial charge in [0.2, 0.25) is 5.91 Å². The maximum atomic E-state index is 13.6. The van der Waals surface area contributed by atoms with Gasteiger partial charge in [-0.25, -0.2) is 0 Å². The summed E-state index contributed by atoms with van der Waals surface area (Å²) in [7, 11) is 0. The second kappa shape index (κ2) is 13.1. The molecule has 0 saturated heterocycles. The zero-order valence-corrected chi connectivity index (χ0v) is 33.1. The molecule has 5 aliphatic carbocycles. The summed E-state index contributed by atoms with van der Waals surface area (Å²) >= 11 is 1.70. The highest BCUT2D eigenvalue weighted by Gasteiger charge is 2.71. The molecule has 0 bridgehead atoms. The standard InChI is InChI=1S/C43H65NO5S/c1-27(2)29-14-19-43(23-34(45)44-26-28-11-10-22-50-28)21-20-41(8)30(37(29)43)12-13-32-40(7)17-16-33(39(5,6)31(40)15-18-42(32,41)9)49-36(48)25-38(3,4)24-35(46)47/h10-11,22,29-33,37H,1,12-21,23-26H2,2-9H3,(H,44,45)(H,46,47)/t29-,30+,31-,32+,33-,37+,40-,41+,42+,43+/m0/s1. The number of hydrogen-bond acceptors (Lipinski definition) is 5. The number of carbonyl (C=O) groups excluding carboxylic acids is 2. The number of aliphatic carboxylic acids is 1. The molecule has 7 heteroatoms. The molecule has 50 heavy (non-hydrogen) atoms. The van der Waals surface area contributed by atoms with E-state index in [1.165, 1.54) is 36.1 Å². The molecule has 10 atom stereocenters. The van der Waals surface area contributed by atoms with Crippen LogP contribution in [0.4, 0.5) is 0 Å². The predicted molar refractivity (Wildman–Crippen MR) is 200 cm³/mol. The molecule has 2 N–H and O–H groups in total. The molecule has 0 radical (unpaired) electrons. The molecule has 5 saturated carbocycles. The molecule has 0 unspecified atom stereocenters. The highest BCUT2D eigenvalue weighted by molar-refractivity contribution is 7.09. The summed E-state index contributed by atoms with van der Waals surface area (Å²) in [5.41, 5.74) is 1.14. The van der Waals surface area contributed by atoms with Crippen LogP contribution >= 0.6 is 11.3 Å². The van der Waals surface area contributed by atoms with Crippen LogP contribution in [-0.2, 0) is 25.7 Å². The number of ether oxygens (including phenoxy) is 1. The first kappa shape index (κ1) is 37.6. The average Bonchev–Trinajstić information content (AvgIpc) is 3.65. The number of esters is 1. The lowest BCUT2D eigenvalue weighted by molar-refractivity contribution is -0.250. The lowest BCUT2D eigenvalue weighted by Crippen LogP contribution is -2.67. The summed E-state index contributed by atoms with van der Waals surface area (Å²) in [6, 6.07) is 4.16. The first-order chi connectivity index (χ1) is 23.3. The Hall–Kier alpha value is -2.15. The fraction of sp³-hybridized carbons (Fsp3) is 0.791. The fourth-order valence-corrected chi connectivity index (χ4v) is 14.5. The van der Waals surface area contributed by atoms with E-state index in [0.29, 0.717) is 42.6 Å². The molecule has 0 aliphatic heterocycles. The van der Waals surface area contributed by atoms with Crippen molar-refractivity contribution in [1.29, 1.82) is 0 Å². The summed E-state index contributed by atoms with van der Waals surface area (Å²) in [6.45, 7) is 23.6. The Labute approximate surface area is 306 Å². The minimum absolute atomic E-state index is 0.0469. The van der Waals surface area contributed by atoms with Crippen molar-refractivity contribution in [2.45, 2.75) is 152 Å². The molecule has 0 spiro atoms. The Morgan fingerprint density at radius 3 is 2.34 bits per heavy atom. The third-order valence-corrected chi connectivity index (χ3v) is 17.1. The van der Waals surface area contributed by atoms with Gasteiger partial charge in [0.25, 0.3) is 0 Å². The second-order valence-corrected chi connectivity index (χ2v) is 20.9. The van der Waals surface area contributed by atoms with Crippen LogP contribution < -0.4 is 5.32 Å². The summed E-state index contributed by atoms with van der Waals surface area (Å²) < 4.78 is 6.28. The van der Waals surface area contributed by atoms with Crippen molar-refractivity contribution < 1.29 is 24.2 Å². The van der Waals surface area contributed by atoms with Gasteiger partial charge < -0.3 is 15.2 Å². The van der Waals surface area contributed by atoms with Gasteiger partial charge in [0, 0.05) is 16.7 Å². The highest BCUT2D eigenvalue weighted by atomic mass is 32.1. The minimum Gasteiger partial charge on any atom is -0.481 e. The molecule has 1 heterocycles. The van der Waals surface area contributed by atoms with Crippen molar-refractivity contribution in [1.82, 2.24) is 5.32 Å². The van der Waals surface area contributed by atoms with E-state index < -0.39 is 11.4 Å². The Kier molecular flexibility index (Phi) is 9.82. The van der Waals surface area contributed by atoms with Crippen LogP contribution in [0.1, 0.15) is 144 Å². The quantitative estimate of drug-likeness (QED) is 0.187. The predicted octanol–water partition coefficient (Wildman–Crippen LogP) is 10.2. The maximum Gasteiger partial charge on any atom is 0.306 e. The van der Waals surface area contributed by atoms with Crippen molar-refractivity contribution in [3.8, 4) is 0 Å². The Morgan fingerprint density at radius 1 is 0.940 bits per heavy atom. The Morgan fingerprint density at radius 2 is 1.68 bits per heavy atom. The zero-order valence-electron chi connectivity index (χ0n) is 32.3. The summed E-state index contributed by atoms with van der Waals surface area (Å²) in [5.74, 6) is 1.71.